The average molecular weight is 398 g/mol. The van der Waals surface area contributed by atoms with E-state index in [-0.39, 0.29) is 16.8 Å². The topological polar surface area (TPSA) is 130 Å². The Morgan fingerprint density at radius 2 is 1.76 bits per heavy atom. The number of rotatable bonds is 2. The van der Waals surface area contributed by atoms with Crippen molar-refractivity contribution in [2.75, 3.05) is 6.61 Å². The minimum atomic E-state index is -1.30. The fraction of sp³-hybridized carbons (Fsp3) is 0.286. The van der Waals surface area contributed by atoms with Gasteiger partial charge in [-0.3, -0.25) is 4.79 Å². The van der Waals surface area contributed by atoms with Crippen molar-refractivity contribution in [2.45, 2.75) is 30.5 Å². The Bertz CT molecular complexity index is 1140. The molecule has 1 aromatic heterocycles. The molecule has 0 amide bonds. The van der Waals surface area contributed by atoms with Gasteiger partial charge in [0.25, 0.3) is 0 Å². The summed E-state index contributed by atoms with van der Waals surface area (Å²) in [5, 5.41) is 39.7. The number of hydrogen-bond donors (Lipinski definition) is 4. The second-order valence-electron chi connectivity index (χ2n) is 7.22. The van der Waals surface area contributed by atoms with Gasteiger partial charge >= 0.3 is 0 Å². The number of fused-ring (bicyclic) bond motifs is 5. The van der Waals surface area contributed by atoms with Crippen molar-refractivity contribution in [1.82, 2.24) is 0 Å². The molecule has 4 N–H and O–H groups in total. The highest BCUT2D eigenvalue weighted by atomic mass is 16.6. The molecule has 1 saturated heterocycles. The fourth-order valence-corrected chi connectivity index (χ4v) is 4.02. The molecule has 0 aliphatic carbocycles. The highest BCUT2D eigenvalue weighted by molar-refractivity contribution is 5.86. The number of hydrogen-bond acceptors (Lipinski definition) is 8. The van der Waals surface area contributed by atoms with Crippen LogP contribution in [0, 0.1) is 0 Å². The first-order valence-electron chi connectivity index (χ1n) is 9.16. The van der Waals surface area contributed by atoms with Gasteiger partial charge in [0.15, 0.2) is 6.10 Å². The first-order valence-corrected chi connectivity index (χ1v) is 9.16. The molecule has 5 atom stereocenters. The van der Waals surface area contributed by atoms with E-state index in [0.717, 1.165) is 0 Å². The SMILES string of the molecule is O=c1c(-c2ccc(O)cc2)coc2c3c(ccc12)O[C@@H]1C3O[C@H](CO)[C@@H](O)[C@@H]1O. The van der Waals surface area contributed by atoms with Crippen LogP contribution in [0.5, 0.6) is 11.5 Å². The maximum Gasteiger partial charge on any atom is 0.200 e. The van der Waals surface area contributed by atoms with Crippen molar-refractivity contribution < 1.29 is 34.3 Å². The second kappa shape index (κ2) is 6.57. The molecule has 3 aromatic rings. The predicted molar refractivity (Wildman–Crippen MR) is 101 cm³/mol. The molecule has 1 fully saturated rings. The maximum atomic E-state index is 13.1. The monoisotopic (exact) mass is 398 g/mol. The summed E-state index contributed by atoms with van der Waals surface area (Å²) in [4.78, 5) is 13.1. The summed E-state index contributed by atoms with van der Waals surface area (Å²) < 4.78 is 17.3. The minimum Gasteiger partial charge on any atom is -0.508 e. The van der Waals surface area contributed by atoms with E-state index in [1.807, 2.05) is 0 Å². The van der Waals surface area contributed by atoms with Crippen molar-refractivity contribution in [1.29, 1.82) is 0 Å². The van der Waals surface area contributed by atoms with Gasteiger partial charge in [0.05, 0.1) is 23.1 Å². The van der Waals surface area contributed by atoms with Gasteiger partial charge in [0, 0.05) is 0 Å². The van der Waals surface area contributed by atoms with Crippen LogP contribution >= 0.6 is 0 Å². The van der Waals surface area contributed by atoms with Gasteiger partial charge in [0.2, 0.25) is 5.43 Å². The zero-order valence-electron chi connectivity index (χ0n) is 15.1. The van der Waals surface area contributed by atoms with Gasteiger partial charge in [-0.1, -0.05) is 12.1 Å². The first-order chi connectivity index (χ1) is 14.0. The normalized spacial score (nSPS) is 28.0. The zero-order valence-corrected chi connectivity index (χ0v) is 15.1. The fourth-order valence-electron chi connectivity index (χ4n) is 4.02. The van der Waals surface area contributed by atoms with E-state index in [9.17, 15) is 25.2 Å². The van der Waals surface area contributed by atoms with Gasteiger partial charge in [-0.25, -0.2) is 0 Å². The summed E-state index contributed by atoms with van der Waals surface area (Å²) in [6, 6.07) is 9.38. The minimum absolute atomic E-state index is 0.0913. The number of phenolic OH excluding ortho intramolecular Hbond substituents is 1. The van der Waals surface area contributed by atoms with Crippen LogP contribution in [-0.4, -0.2) is 51.4 Å². The van der Waals surface area contributed by atoms with Crippen LogP contribution in [-0.2, 0) is 4.74 Å². The Hall–Kier alpha value is -2.91. The third kappa shape index (κ3) is 2.65. The molecule has 0 bridgehead atoms. The van der Waals surface area contributed by atoms with Gasteiger partial charge in [0.1, 0.15) is 47.8 Å². The Morgan fingerprint density at radius 3 is 2.48 bits per heavy atom. The molecule has 3 heterocycles. The Morgan fingerprint density at radius 1 is 1.00 bits per heavy atom. The average Bonchev–Trinajstić information content (AvgIpc) is 3.11. The Labute approximate surface area is 164 Å². The molecule has 0 radical (unpaired) electrons. The van der Waals surface area contributed by atoms with E-state index in [1.165, 1.54) is 18.4 Å². The summed E-state index contributed by atoms with van der Waals surface area (Å²) in [5.74, 6) is 0.478. The van der Waals surface area contributed by atoms with Gasteiger partial charge in [-0.05, 0) is 29.8 Å². The number of aliphatic hydroxyl groups is 3. The Balaban J connectivity index is 1.65. The van der Waals surface area contributed by atoms with Crippen molar-refractivity contribution in [3.05, 3.63) is 58.4 Å². The number of ether oxygens (including phenoxy) is 2. The Kier molecular flexibility index (Phi) is 4.11. The molecular weight excluding hydrogens is 380 g/mol. The molecule has 2 aliphatic rings. The third-order valence-corrected chi connectivity index (χ3v) is 5.53. The van der Waals surface area contributed by atoms with E-state index in [2.05, 4.69) is 0 Å². The number of aromatic hydroxyl groups is 1. The molecule has 8 nitrogen and oxygen atoms in total. The van der Waals surface area contributed by atoms with Crippen molar-refractivity contribution in [3.8, 4) is 22.6 Å². The molecule has 1 unspecified atom stereocenters. The molecule has 8 heteroatoms. The highest BCUT2D eigenvalue weighted by Crippen LogP contribution is 2.47. The van der Waals surface area contributed by atoms with Gasteiger partial charge in [-0.15, -0.1) is 0 Å². The van der Waals surface area contributed by atoms with Crippen LogP contribution < -0.4 is 10.2 Å². The summed E-state index contributed by atoms with van der Waals surface area (Å²) in [6.45, 7) is -0.476. The van der Waals surface area contributed by atoms with Crippen LogP contribution in [0.1, 0.15) is 11.7 Å². The quantitative estimate of drug-likeness (QED) is 0.505. The van der Waals surface area contributed by atoms with Crippen LogP contribution in [0.4, 0.5) is 0 Å². The van der Waals surface area contributed by atoms with Crippen LogP contribution in [0.25, 0.3) is 22.1 Å². The van der Waals surface area contributed by atoms with Crippen LogP contribution in [0.3, 0.4) is 0 Å². The maximum absolute atomic E-state index is 13.1. The smallest absolute Gasteiger partial charge is 0.200 e. The zero-order chi connectivity index (χ0) is 20.3. The number of phenols is 1. The standard InChI is InChI=1S/C21H18O8/c22-7-14-17(25)18(26)21-20(29-14)15-13(28-21)6-5-11-16(24)12(8-27-19(11)15)9-1-3-10(23)4-2-9/h1-6,8,14,17-18,20-23,25-26H,7H2/t14-,17-,18+,20?,21+/m1/s1. The molecular formula is C21H18O8. The molecule has 0 spiro atoms. The largest absolute Gasteiger partial charge is 0.508 e. The van der Waals surface area contributed by atoms with E-state index in [4.69, 9.17) is 13.9 Å². The lowest BCUT2D eigenvalue weighted by molar-refractivity contribution is -0.215. The number of aliphatic hydroxyl groups excluding tert-OH is 3. The summed E-state index contributed by atoms with van der Waals surface area (Å²) in [7, 11) is 0. The van der Waals surface area contributed by atoms with E-state index >= 15 is 0 Å². The highest BCUT2D eigenvalue weighted by Gasteiger charge is 2.51. The lowest BCUT2D eigenvalue weighted by Gasteiger charge is -2.38. The van der Waals surface area contributed by atoms with Gasteiger partial charge < -0.3 is 34.3 Å². The predicted octanol–water partition coefficient (Wildman–Crippen LogP) is 1.08. The third-order valence-electron chi connectivity index (χ3n) is 5.53. The second-order valence-corrected chi connectivity index (χ2v) is 7.22. The molecule has 0 saturated carbocycles. The van der Waals surface area contributed by atoms with E-state index in [0.29, 0.717) is 27.8 Å². The lowest BCUT2D eigenvalue weighted by atomic mass is 9.92. The first kappa shape index (κ1) is 18.1. The van der Waals surface area contributed by atoms with Crippen molar-refractivity contribution in [2.24, 2.45) is 0 Å². The van der Waals surface area contributed by atoms with E-state index in [1.54, 1.807) is 24.3 Å². The van der Waals surface area contributed by atoms with Gasteiger partial charge in [-0.2, -0.15) is 0 Å². The van der Waals surface area contributed by atoms with Crippen molar-refractivity contribution >= 4 is 11.0 Å². The number of benzene rings is 2. The van der Waals surface area contributed by atoms with Crippen molar-refractivity contribution in [3.63, 3.8) is 0 Å². The summed E-state index contributed by atoms with van der Waals surface area (Å²) in [5.41, 5.74) is 1.40. The summed E-state index contributed by atoms with van der Waals surface area (Å²) >= 11 is 0. The molecule has 2 aromatic carbocycles. The van der Waals surface area contributed by atoms with Crippen LogP contribution in [0.15, 0.2) is 51.9 Å². The van der Waals surface area contributed by atoms with Crippen LogP contribution in [0.2, 0.25) is 0 Å². The molecule has 2 aliphatic heterocycles. The summed E-state index contributed by atoms with van der Waals surface area (Å²) in [6.07, 6.45) is -3.89. The molecule has 150 valence electrons. The molecule has 29 heavy (non-hydrogen) atoms. The van der Waals surface area contributed by atoms with E-state index < -0.39 is 37.1 Å². The molecule has 5 rings (SSSR count). The lowest BCUT2D eigenvalue weighted by Crippen LogP contribution is -2.55.